The van der Waals surface area contributed by atoms with Gasteiger partial charge in [-0.3, -0.25) is 9.97 Å². The number of rotatable bonds is 11. The van der Waals surface area contributed by atoms with Crippen molar-refractivity contribution < 1.29 is 4.74 Å². The van der Waals surface area contributed by atoms with E-state index in [1.165, 1.54) is 64.2 Å². The van der Waals surface area contributed by atoms with Crippen molar-refractivity contribution in [1.82, 2.24) is 9.97 Å². The van der Waals surface area contributed by atoms with Gasteiger partial charge in [-0.15, -0.1) is 0 Å². The number of ether oxygens (including phenoxy) is 1. The van der Waals surface area contributed by atoms with E-state index in [1.54, 1.807) is 0 Å². The van der Waals surface area contributed by atoms with Gasteiger partial charge in [-0.25, -0.2) is 0 Å². The summed E-state index contributed by atoms with van der Waals surface area (Å²) in [4.78, 5) is 9.21. The number of unbranched alkanes of at least 4 members (excludes halogenated alkanes) is 3. The first-order valence-corrected chi connectivity index (χ1v) is 11.8. The molecule has 29 heavy (non-hydrogen) atoms. The zero-order valence-electron chi connectivity index (χ0n) is 18.4. The molecular weight excluding hydrogens is 356 g/mol. The van der Waals surface area contributed by atoms with E-state index in [0.717, 1.165) is 47.6 Å². The molecule has 1 saturated carbocycles. The van der Waals surface area contributed by atoms with Crippen LogP contribution in [0.3, 0.4) is 0 Å². The summed E-state index contributed by atoms with van der Waals surface area (Å²) < 4.78 is 6.08. The first kappa shape index (κ1) is 21.8. The van der Waals surface area contributed by atoms with Crippen LogP contribution in [0, 0.1) is 11.8 Å². The van der Waals surface area contributed by atoms with Crippen molar-refractivity contribution in [2.24, 2.45) is 11.8 Å². The lowest BCUT2D eigenvalue weighted by atomic mass is 9.80. The Morgan fingerprint density at radius 1 is 0.828 bits per heavy atom. The molecule has 1 fully saturated rings. The van der Waals surface area contributed by atoms with E-state index in [2.05, 4.69) is 48.1 Å². The van der Waals surface area contributed by atoms with Crippen molar-refractivity contribution >= 4 is 0 Å². The number of hydrogen-bond donors (Lipinski definition) is 0. The van der Waals surface area contributed by atoms with Crippen molar-refractivity contribution in [2.45, 2.75) is 84.5 Å². The molecule has 2 aromatic rings. The second kappa shape index (κ2) is 11.9. The lowest BCUT2D eigenvalue weighted by molar-refractivity contribution is 0.178. The Morgan fingerprint density at radius 2 is 1.59 bits per heavy atom. The highest BCUT2D eigenvalue weighted by atomic mass is 16.5. The third kappa shape index (κ3) is 7.13. The number of aryl methyl sites for hydroxylation is 1. The molecule has 1 aromatic heterocycles. The lowest BCUT2D eigenvalue weighted by Gasteiger charge is -2.28. The van der Waals surface area contributed by atoms with Crippen LogP contribution >= 0.6 is 0 Å². The zero-order chi connectivity index (χ0) is 20.3. The van der Waals surface area contributed by atoms with Crippen LogP contribution in [0.15, 0.2) is 36.7 Å². The van der Waals surface area contributed by atoms with Crippen molar-refractivity contribution in [3.8, 4) is 17.0 Å². The van der Waals surface area contributed by atoms with Crippen LogP contribution < -0.4 is 4.74 Å². The lowest BCUT2D eigenvalue weighted by Crippen LogP contribution is -2.20. The van der Waals surface area contributed by atoms with Gasteiger partial charge in [0.2, 0.25) is 0 Å². The fraction of sp³-hybridized carbons (Fsp3) is 0.615. The summed E-state index contributed by atoms with van der Waals surface area (Å²) in [5, 5.41) is 0. The minimum Gasteiger partial charge on any atom is -0.493 e. The molecule has 0 unspecified atom stereocenters. The molecular formula is C26H38N2O. The molecule has 3 nitrogen and oxygen atoms in total. The highest BCUT2D eigenvalue weighted by Gasteiger charge is 2.21. The molecule has 0 N–H and O–H groups in total. The minimum absolute atomic E-state index is 0.721. The summed E-state index contributed by atoms with van der Waals surface area (Å²) in [5.41, 5.74) is 3.13. The number of nitrogens with zero attached hydrogens (tertiary/aromatic N) is 2. The van der Waals surface area contributed by atoms with E-state index >= 15 is 0 Å². The number of hydrogen-bond acceptors (Lipinski definition) is 3. The largest absolute Gasteiger partial charge is 0.493 e. The Labute approximate surface area is 177 Å². The van der Waals surface area contributed by atoms with Crippen LogP contribution in [0.5, 0.6) is 5.75 Å². The summed E-state index contributed by atoms with van der Waals surface area (Å²) >= 11 is 0. The highest BCUT2D eigenvalue weighted by molar-refractivity contribution is 5.58. The molecule has 0 aliphatic heterocycles. The molecule has 3 heteroatoms. The van der Waals surface area contributed by atoms with Gasteiger partial charge in [-0.1, -0.05) is 58.8 Å². The molecule has 1 aliphatic rings. The van der Waals surface area contributed by atoms with E-state index in [1.807, 2.05) is 12.4 Å². The third-order valence-corrected chi connectivity index (χ3v) is 6.29. The maximum Gasteiger partial charge on any atom is 0.119 e. The van der Waals surface area contributed by atoms with Crippen molar-refractivity contribution in [3.63, 3.8) is 0 Å². The average Bonchev–Trinajstić information content (AvgIpc) is 2.77. The molecule has 3 rings (SSSR count). The predicted molar refractivity (Wildman–Crippen MR) is 121 cm³/mol. The van der Waals surface area contributed by atoms with Crippen LogP contribution in [0.25, 0.3) is 11.3 Å². The first-order valence-electron chi connectivity index (χ1n) is 11.8. The van der Waals surface area contributed by atoms with Crippen LogP contribution in [-0.2, 0) is 6.42 Å². The standard InChI is InChI=1S/C26H38N2O/c1-3-5-6-7-9-24-18-28-26(19-27-24)23-14-16-25(17-15-23)29-20-22-12-10-21(8-4-2)11-13-22/h14-19,21-22H,3-13,20H2,1-2H3/t21-,22-. The Kier molecular flexibility index (Phi) is 8.98. The molecule has 158 valence electrons. The number of benzene rings is 1. The van der Waals surface area contributed by atoms with Crippen LogP contribution in [0.2, 0.25) is 0 Å². The SMILES string of the molecule is CCCCCCc1cnc(-c2ccc(OC[C@H]3CC[C@H](CCC)CC3)cc2)cn1. The fourth-order valence-corrected chi connectivity index (χ4v) is 4.40. The van der Waals surface area contributed by atoms with E-state index in [9.17, 15) is 0 Å². The Morgan fingerprint density at radius 3 is 2.24 bits per heavy atom. The smallest absolute Gasteiger partial charge is 0.119 e. The molecule has 0 atom stereocenters. The van der Waals surface area contributed by atoms with E-state index in [-0.39, 0.29) is 0 Å². The quantitative estimate of drug-likeness (QED) is 0.376. The first-order chi connectivity index (χ1) is 14.3. The minimum atomic E-state index is 0.721. The Balaban J connectivity index is 1.44. The van der Waals surface area contributed by atoms with Crippen LogP contribution in [0.4, 0.5) is 0 Å². The maximum absolute atomic E-state index is 6.08. The molecule has 0 bridgehead atoms. The molecule has 0 saturated heterocycles. The van der Waals surface area contributed by atoms with Crippen LogP contribution in [-0.4, -0.2) is 16.6 Å². The molecule has 0 spiro atoms. The zero-order valence-corrected chi connectivity index (χ0v) is 18.4. The van der Waals surface area contributed by atoms with Gasteiger partial charge in [-0.05, 0) is 61.8 Å². The molecule has 0 radical (unpaired) electrons. The second-order valence-corrected chi connectivity index (χ2v) is 8.71. The van der Waals surface area contributed by atoms with Crippen molar-refractivity contribution in [3.05, 3.63) is 42.4 Å². The summed E-state index contributed by atoms with van der Waals surface area (Å²) in [6.45, 7) is 5.39. The molecule has 1 aromatic carbocycles. The van der Waals surface area contributed by atoms with Gasteiger partial charge < -0.3 is 4.74 Å². The predicted octanol–water partition coefficient (Wildman–Crippen LogP) is 7.25. The normalized spacial score (nSPS) is 19.2. The van der Waals surface area contributed by atoms with E-state index < -0.39 is 0 Å². The van der Waals surface area contributed by atoms with Gasteiger partial charge in [-0.2, -0.15) is 0 Å². The maximum atomic E-state index is 6.08. The van der Waals surface area contributed by atoms with E-state index in [4.69, 9.17) is 4.74 Å². The van der Waals surface area contributed by atoms with Gasteiger partial charge in [0.1, 0.15) is 5.75 Å². The van der Waals surface area contributed by atoms with Crippen LogP contribution in [0.1, 0.15) is 83.7 Å². The monoisotopic (exact) mass is 394 g/mol. The van der Waals surface area contributed by atoms with Crippen molar-refractivity contribution in [1.29, 1.82) is 0 Å². The highest BCUT2D eigenvalue weighted by Crippen LogP contribution is 2.32. The van der Waals surface area contributed by atoms with Gasteiger partial charge >= 0.3 is 0 Å². The fourth-order valence-electron chi connectivity index (χ4n) is 4.40. The van der Waals surface area contributed by atoms with E-state index in [0.29, 0.717) is 0 Å². The van der Waals surface area contributed by atoms with Gasteiger partial charge in [0.05, 0.1) is 24.2 Å². The Hall–Kier alpha value is -1.90. The van der Waals surface area contributed by atoms with Crippen molar-refractivity contribution in [2.75, 3.05) is 6.61 Å². The number of aromatic nitrogens is 2. The molecule has 0 amide bonds. The van der Waals surface area contributed by atoms with Gasteiger partial charge in [0.15, 0.2) is 0 Å². The summed E-state index contributed by atoms with van der Waals surface area (Å²) in [5.74, 6) is 2.64. The second-order valence-electron chi connectivity index (χ2n) is 8.71. The van der Waals surface area contributed by atoms with Gasteiger partial charge in [0.25, 0.3) is 0 Å². The van der Waals surface area contributed by atoms with Gasteiger partial charge in [0, 0.05) is 11.8 Å². The summed E-state index contributed by atoms with van der Waals surface area (Å²) in [6, 6.07) is 8.33. The molecule has 1 aliphatic carbocycles. The summed E-state index contributed by atoms with van der Waals surface area (Å²) in [7, 11) is 0. The topological polar surface area (TPSA) is 35.0 Å². The Bertz CT molecular complexity index is 688. The third-order valence-electron chi connectivity index (χ3n) is 6.29. The summed E-state index contributed by atoms with van der Waals surface area (Å²) in [6.07, 6.45) is 18.1. The molecule has 1 heterocycles. The average molecular weight is 395 g/mol.